The van der Waals surface area contributed by atoms with E-state index in [-0.39, 0.29) is 5.56 Å². The Bertz CT molecular complexity index is 787. The van der Waals surface area contributed by atoms with E-state index < -0.39 is 0 Å². The maximum absolute atomic E-state index is 11.5. The highest BCUT2D eigenvalue weighted by molar-refractivity contribution is 5.81. The Hall–Kier alpha value is -2.83. The number of aromatic amines is 1. The second-order valence-corrected chi connectivity index (χ2v) is 5.65. The number of unbranched alkanes of at least 4 members (excludes halogenated alkanes) is 1. The Morgan fingerprint density at radius 3 is 2.77 bits per heavy atom. The zero-order valence-electron chi connectivity index (χ0n) is 15.5. The first-order valence-corrected chi connectivity index (χ1v) is 8.95. The Morgan fingerprint density at radius 2 is 2.04 bits per heavy atom. The first kappa shape index (κ1) is 19.5. The normalized spacial score (nSPS) is 10.9. The molecule has 0 atom stereocenters. The van der Waals surface area contributed by atoms with E-state index in [0.717, 1.165) is 24.2 Å². The summed E-state index contributed by atoms with van der Waals surface area (Å²) in [7, 11) is 0. The lowest BCUT2D eigenvalue weighted by Gasteiger charge is -2.12. The molecule has 1 aromatic heterocycles. The van der Waals surface area contributed by atoms with Gasteiger partial charge in [-0.05, 0) is 43.5 Å². The number of ether oxygens (including phenoxy) is 2. The van der Waals surface area contributed by atoms with Crippen molar-refractivity contribution in [1.29, 1.82) is 0 Å². The fourth-order valence-electron chi connectivity index (χ4n) is 2.23. The van der Waals surface area contributed by atoms with Gasteiger partial charge in [-0.15, -0.1) is 0 Å². The molecule has 1 aromatic carbocycles. The molecule has 7 heteroatoms. The Labute approximate surface area is 153 Å². The standard InChI is InChI=1S/C19H26N4O3/c1-4-7-10-26-16-9-8-14(11-17(16)25-6-3)13-20-23-19-21-15(5-2)12-18(24)22-19/h8-9,11-13H,4-7,10H2,1-3H3,(H2,21,22,23,24)/b20-13-. The summed E-state index contributed by atoms with van der Waals surface area (Å²) >= 11 is 0. The predicted octanol–water partition coefficient (Wildman–Crippen LogP) is 3.36. The SMILES string of the molecule is CCCCOc1ccc(/C=N\Nc2nc(CC)cc(=O)[nH]2)cc1OCC. The molecule has 0 radical (unpaired) electrons. The molecule has 0 unspecified atom stereocenters. The molecule has 0 saturated heterocycles. The third-order valence-corrected chi connectivity index (χ3v) is 3.56. The minimum Gasteiger partial charge on any atom is -0.490 e. The van der Waals surface area contributed by atoms with Crippen LogP contribution in [0.3, 0.4) is 0 Å². The van der Waals surface area contributed by atoms with Crippen LogP contribution >= 0.6 is 0 Å². The summed E-state index contributed by atoms with van der Waals surface area (Å²) in [5.41, 5.74) is 4.09. The highest BCUT2D eigenvalue weighted by Gasteiger charge is 2.06. The number of benzene rings is 1. The van der Waals surface area contributed by atoms with Crippen LogP contribution in [0.1, 0.15) is 44.9 Å². The van der Waals surface area contributed by atoms with Crippen LogP contribution in [0.25, 0.3) is 0 Å². The zero-order chi connectivity index (χ0) is 18.8. The van der Waals surface area contributed by atoms with Crippen LogP contribution in [-0.4, -0.2) is 29.4 Å². The van der Waals surface area contributed by atoms with Crippen LogP contribution in [0.2, 0.25) is 0 Å². The van der Waals surface area contributed by atoms with Crippen molar-refractivity contribution in [3.8, 4) is 11.5 Å². The van der Waals surface area contributed by atoms with Crippen LogP contribution in [0, 0.1) is 0 Å². The molecule has 0 aliphatic carbocycles. The molecular formula is C19H26N4O3. The van der Waals surface area contributed by atoms with Crippen LogP contribution in [0.15, 0.2) is 34.2 Å². The molecular weight excluding hydrogens is 332 g/mol. The topological polar surface area (TPSA) is 88.6 Å². The van der Waals surface area contributed by atoms with Gasteiger partial charge in [0.25, 0.3) is 5.56 Å². The monoisotopic (exact) mass is 358 g/mol. The van der Waals surface area contributed by atoms with Gasteiger partial charge in [0.2, 0.25) is 5.95 Å². The van der Waals surface area contributed by atoms with Gasteiger partial charge in [-0.2, -0.15) is 5.10 Å². The van der Waals surface area contributed by atoms with Gasteiger partial charge >= 0.3 is 0 Å². The number of hydrogen-bond acceptors (Lipinski definition) is 6. The minimum atomic E-state index is -0.207. The van der Waals surface area contributed by atoms with Gasteiger partial charge in [0, 0.05) is 11.8 Å². The van der Waals surface area contributed by atoms with Gasteiger partial charge in [0.1, 0.15) is 0 Å². The van der Waals surface area contributed by atoms with Gasteiger partial charge in [0.15, 0.2) is 11.5 Å². The van der Waals surface area contributed by atoms with Crippen molar-refractivity contribution in [3.05, 3.63) is 45.9 Å². The number of anilines is 1. The summed E-state index contributed by atoms with van der Waals surface area (Å²) in [6.45, 7) is 7.21. The Kier molecular flexibility index (Phi) is 7.67. The van der Waals surface area contributed by atoms with E-state index in [2.05, 4.69) is 27.4 Å². The maximum Gasteiger partial charge on any atom is 0.252 e. The summed E-state index contributed by atoms with van der Waals surface area (Å²) in [5.74, 6) is 1.73. The predicted molar refractivity (Wildman–Crippen MR) is 103 cm³/mol. The second-order valence-electron chi connectivity index (χ2n) is 5.65. The van der Waals surface area contributed by atoms with Crippen molar-refractivity contribution in [3.63, 3.8) is 0 Å². The number of aryl methyl sites for hydroxylation is 1. The second kappa shape index (κ2) is 10.2. The summed E-state index contributed by atoms with van der Waals surface area (Å²) in [5, 5.41) is 4.13. The Balaban J connectivity index is 2.08. The summed E-state index contributed by atoms with van der Waals surface area (Å²) in [6.07, 6.45) is 4.40. The van der Waals surface area contributed by atoms with Crippen LogP contribution in [-0.2, 0) is 6.42 Å². The molecule has 140 valence electrons. The summed E-state index contributed by atoms with van der Waals surface area (Å²) < 4.78 is 11.4. The average Bonchev–Trinajstić information content (AvgIpc) is 2.63. The lowest BCUT2D eigenvalue weighted by Crippen LogP contribution is -2.11. The molecule has 2 rings (SSSR count). The lowest BCUT2D eigenvalue weighted by molar-refractivity contribution is 0.272. The molecule has 0 aliphatic heterocycles. The molecule has 0 aliphatic rings. The quantitative estimate of drug-likeness (QED) is 0.386. The van der Waals surface area contributed by atoms with Crippen LogP contribution in [0.5, 0.6) is 11.5 Å². The Morgan fingerprint density at radius 1 is 1.19 bits per heavy atom. The highest BCUT2D eigenvalue weighted by atomic mass is 16.5. The van der Waals surface area contributed by atoms with Crippen LogP contribution in [0.4, 0.5) is 5.95 Å². The first-order valence-electron chi connectivity index (χ1n) is 8.95. The number of rotatable bonds is 10. The third-order valence-electron chi connectivity index (χ3n) is 3.56. The molecule has 7 nitrogen and oxygen atoms in total. The van der Waals surface area contributed by atoms with Crippen LogP contribution < -0.4 is 20.5 Å². The molecule has 26 heavy (non-hydrogen) atoms. The maximum atomic E-state index is 11.5. The van der Waals surface area contributed by atoms with Crippen molar-refractivity contribution in [2.24, 2.45) is 5.10 Å². The van der Waals surface area contributed by atoms with E-state index in [1.165, 1.54) is 6.07 Å². The third kappa shape index (κ3) is 5.91. The molecule has 0 bridgehead atoms. The van der Waals surface area contributed by atoms with E-state index in [1.807, 2.05) is 32.0 Å². The smallest absolute Gasteiger partial charge is 0.252 e. The zero-order valence-corrected chi connectivity index (χ0v) is 15.5. The van der Waals surface area contributed by atoms with E-state index in [4.69, 9.17) is 9.47 Å². The fraction of sp³-hybridized carbons (Fsp3) is 0.421. The highest BCUT2D eigenvalue weighted by Crippen LogP contribution is 2.28. The van der Waals surface area contributed by atoms with Crippen molar-refractivity contribution in [2.45, 2.75) is 40.0 Å². The molecule has 1 heterocycles. The van der Waals surface area contributed by atoms with E-state index in [0.29, 0.717) is 37.0 Å². The summed E-state index contributed by atoms with van der Waals surface area (Å²) in [6, 6.07) is 7.11. The van der Waals surface area contributed by atoms with E-state index >= 15 is 0 Å². The van der Waals surface area contributed by atoms with Crippen molar-refractivity contribution >= 4 is 12.2 Å². The number of H-pyrrole nitrogens is 1. The van der Waals surface area contributed by atoms with Gasteiger partial charge in [-0.1, -0.05) is 20.3 Å². The van der Waals surface area contributed by atoms with E-state index in [1.54, 1.807) is 6.21 Å². The number of nitrogens with zero attached hydrogens (tertiary/aromatic N) is 2. The molecule has 0 amide bonds. The van der Waals surface area contributed by atoms with Gasteiger partial charge in [-0.3, -0.25) is 9.78 Å². The fourth-order valence-corrected chi connectivity index (χ4v) is 2.23. The lowest BCUT2D eigenvalue weighted by atomic mass is 10.2. The molecule has 2 aromatic rings. The van der Waals surface area contributed by atoms with Gasteiger partial charge in [0.05, 0.1) is 19.4 Å². The molecule has 2 N–H and O–H groups in total. The molecule has 0 spiro atoms. The van der Waals surface area contributed by atoms with Crippen molar-refractivity contribution < 1.29 is 9.47 Å². The van der Waals surface area contributed by atoms with Gasteiger partial charge < -0.3 is 9.47 Å². The number of hydrogen-bond donors (Lipinski definition) is 2. The average molecular weight is 358 g/mol. The van der Waals surface area contributed by atoms with E-state index in [9.17, 15) is 4.79 Å². The van der Waals surface area contributed by atoms with Gasteiger partial charge in [-0.25, -0.2) is 10.4 Å². The molecule has 0 fully saturated rings. The van der Waals surface area contributed by atoms with Crippen molar-refractivity contribution in [1.82, 2.24) is 9.97 Å². The summed E-state index contributed by atoms with van der Waals surface area (Å²) in [4.78, 5) is 18.4. The number of hydrazone groups is 1. The molecule has 0 saturated carbocycles. The minimum absolute atomic E-state index is 0.207. The van der Waals surface area contributed by atoms with Crippen molar-refractivity contribution in [2.75, 3.05) is 18.6 Å². The largest absolute Gasteiger partial charge is 0.490 e. The number of nitrogens with one attached hydrogen (secondary N) is 2. The first-order chi connectivity index (χ1) is 12.7. The number of aromatic nitrogens is 2.